The zero-order valence-electron chi connectivity index (χ0n) is 51.3. The normalized spacial score (nSPS) is 13.6. The molecule has 0 spiro atoms. The van der Waals surface area contributed by atoms with Crippen molar-refractivity contribution < 1.29 is 33.0 Å². The topological polar surface area (TPSA) is 124 Å². The first-order chi connectivity index (χ1) is 34.5. The minimum absolute atomic E-state index is 0.00361. The van der Waals surface area contributed by atoms with Gasteiger partial charge in [-0.05, 0) is 150 Å². The van der Waals surface area contributed by atoms with Crippen molar-refractivity contribution in [1.29, 1.82) is 0 Å². The lowest BCUT2D eigenvalue weighted by molar-refractivity contribution is 0.225. The van der Waals surface area contributed by atoms with E-state index in [4.69, 9.17) is 19.6 Å². The highest BCUT2D eigenvalue weighted by atomic mass is 31.3. The maximum absolute atomic E-state index is 9.63. The summed E-state index contributed by atoms with van der Waals surface area (Å²) in [5.41, 5.74) is 23.1. The average Bonchev–Trinajstić information content (AvgIpc) is 3.24. The van der Waals surface area contributed by atoms with Gasteiger partial charge in [0.15, 0.2) is 0 Å². The van der Waals surface area contributed by atoms with E-state index in [0.717, 1.165) is 0 Å². The standard InChI is InChI=1S/C68H90.H4O7P2/c1-61(2,3)44-30-34-48(54(38-44)65(13,14)15)52-42-53(49-35-31-45(62(4,5)6)39-55(49)66(16,17)18)59(50-36-32-46(63(7,8)9)40-56(50)67(19,20)21)60(58(52)43-28-26-25-27-29-43)51-37-33-47(64(10,11)12)41-57(51)68(22,23)24;1-8(2,3)7-9(4,5)6/h25-42H,1-24H3;(H2,1,2,3)(H2,4,5,6). The second kappa shape index (κ2) is 21.6. The molecule has 0 aliphatic heterocycles. The van der Waals surface area contributed by atoms with Gasteiger partial charge in [0.1, 0.15) is 0 Å². The first-order valence-electron chi connectivity index (χ1n) is 27.2. The molecule has 418 valence electrons. The summed E-state index contributed by atoms with van der Waals surface area (Å²) in [6.45, 7) is 57.1. The molecule has 4 N–H and O–H groups in total. The van der Waals surface area contributed by atoms with Gasteiger partial charge in [0.25, 0.3) is 0 Å². The van der Waals surface area contributed by atoms with Gasteiger partial charge in [-0.25, -0.2) is 9.13 Å². The molecule has 0 heterocycles. The summed E-state index contributed by atoms with van der Waals surface area (Å²) >= 11 is 0. The van der Waals surface area contributed by atoms with Crippen molar-refractivity contribution in [2.75, 3.05) is 0 Å². The monoisotopic (exact) mass is 1080 g/mol. The fraction of sp³-hybridized carbons (Fsp3) is 0.471. The van der Waals surface area contributed by atoms with Crippen LogP contribution >= 0.6 is 15.6 Å². The number of hydrogen-bond acceptors (Lipinski definition) is 3. The molecular formula is C68H94O7P2. The first kappa shape index (κ1) is 63.4. The molecule has 6 aromatic carbocycles. The van der Waals surface area contributed by atoms with Crippen molar-refractivity contribution in [2.45, 2.75) is 209 Å². The maximum atomic E-state index is 9.63. The van der Waals surface area contributed by atoms with Gasteiger partial charge < -0.3 is 19.6 Å². The van der Waals surface area contributed by atoms with Crippen LogP contribution in [0.2, 0.25) is 0 Å². The maximum Gasteiger partial charge on any atom is 0.478 e. The van der Waals surface area contributed by atoms with E-state index in [1.165, 1.54) is 100 Å². The van der Waals surface area contributed by atoms with Crippen LogP contribution in [0.3, 0.4) is 0 Å². The van der Waals surface area contributed by atoms with Gasteiger partial charge >= 0.3 is 15.6 Å². The molecule has 0 bridgehead atoms. The Bertz CT molecular complexity index is 3180. The predicted octanol–water partition coefficient (Wildman–Crippen LogP) is 19.6. The highest BCUT2D eigenvalue weighted by Crippen LogP contribution is 2.57. The molecule has 0 radical (unpaired) electrons. The molecule has 6 aromatic rings. The van der Waals surface area contributed by atoms with Crippen LogP contribution in [-0.4, -0.2) is 19.6 Å². The van der Waals surface area contributed by atoms with E-state index in [1.54, 1.807) is 0 Å². The van der Waals surface area contributed by atoms with Crippen LogP contribution in [-0.2, 0) is 56.8 Å². The lowest BCUT2D eigenvalue weighted by atomic mass is 9.69. The van der Waals surface area contributed by atoms with Crippen molar-refractivity contribution in [2.24, 2.45) is 0 Å². The van der Waals surface area contributed by atoms with E-state index in [2.05, 4.69) is 280 Å². The van der Waals surface area contributed by atoms with Crippen molar-refractivity contribution in [3.63, 3.8) is 0 Å². The lowest BCUT2D eigenvalue weighted by Gasteiger charge is -2.35. The summed E-state index contributed by atoms with van der Waals surface area (Å²) in [5, 5.41) is 0. The van der Waals surface area contributed by atoms with Gasteiger partial charge in [-0.2, -0.15) is 4.31 Å². The fourth-order valence-corrected chi connectivity index (χ4v) is 11.2. The number of rotatable bonds is 7. The van der Waals surface area contributed by atoms with Gasteiger partial charge in [0.05, 0.1) is 0 Å². The van der Waals surface area contributed by atoms with Crippen LogP contribution in [0.25, 0.3) is 55.6 Å². The molecule has 77 heavy (non-hydrogen) atoms. The highest BCUT2D eigenvalue weighted by Gasteiger charge is 2.36. The van der Waals surface area contributed by atoms with Crippen LogP contribution < -0.4 is 0 Å². The highest BCUT2D eigenvalue weighted by molar-refractivity contribution is 7.60. The van der Waals surface area contributed by atoms with Gasteiger partial charge in [0, 0.05) is 0 Å². The van der Waals surface area contributed by atoms with E-state index < -0.39 is 15.6 Å². The molecule has 9 heteroatoms. The van der Waals surface area contributed by atoms with E-state index in [1.807, 2.05) is 0 Å². The zero-order chi connectivity index (χ0) is 58.8. The zero-order valence-corrected chi connectivity index (χ0v) is 53.1. The Morgan fingerprint density at radius 2 is 0.545 bits per heavy atom. The molecule has 0 saturated heterocycles. The van der Waals surface area contributed by atoms with Gasteiger partial charge in [-0.1, -0.05) is 269 Å². The average molecular weight is 1090 g/mol. The van der Waals surface area contributed by atoms with E-state index in [0.29, 0.717) is 0 Å². The molecule has 7 nitrogen and oxygen atoms in total. The molecule has 0 unspecified atom stereocenters. The molecular weight excluding hydrogens is 991 g/mol. The largest absolute Gasteiger partial charge is 0.478 e. The third-order valence-electron chi connectivity index (χ3n) is 14.5. The second-order valence-electron chi connectivity index (χ2n) is 29.6. The van der Waals surface area contributed by atoms with Crippen molar-refractivity contribution in [3.05, 3.63) is 154 Å². The lowest BCUT2D eigenvalue weighted by Crippen LogP contribution is -2.20. The Morgan fingerprint density at radius 1 is 0.286 bits per heavy atom. The molecule has 0 fully saturated rings. The number of phosphoric acid groups is 2. The van der Waals surface area contributed by atoms with Crippen LogP contribution in [0.1, 0.15) is 211 Å². The summed E-state index contributed by atoms with van der Waals surface area (Å²) in [5.74, 6) is 0. The van der Waals surface area contributed by atoms with E-state index in [-0.39, 0.29) is 43.3 Å². The van der Waals surface area contributed by atoms with Gasteiger partial charge in [-0.15, -0.1) is 0 Å². The third-order valence-corrected chi connectivity index (χ3v) is 16.2. The molecule has 0 aliphatic rings. The molecule has 0 aromatic heterocycles. The Balaban J connectivity index is 0.00000111. The number of benzene rings is 6. The van der Waals surface area contributed by atoms with Gasteiger partial charge in [-0.3, -0.25) is 0 Å². The Kier molecular flexibility index (Phi) is 17.8. The smallest absolute Gasteiger partial charge is 0.302 e. The SMILES string of the molecule is CC(C)(C)c1ccc(-c2cc(-c3ccc(C(C)(C)C)cc3C(C)(C)C)c(-c3ccc(C(C)(C)C)cc3C(C)(C)C)c(-c3ccc(C(C)(C)C)cc3C(C)(C)C)c2-c2ccccc2)c(C(C)(C)C)c1.O=P(O)(O)OP(=O)(O)O. The van der Waals surface area contributed by atoms with Crippen molar-refractivity contribution in [3.8, 4) is 55.6 Å². The van der Waals surface area contributed by atoms with Crippen LogP contribution in [0.5, 0.6) is 0 Å². The van der Waals surface area contributed by atoms with Crippen molar-refractivity contribution >= 4 is 15.6 Å². The predicted molar refractivity (Wildman–Crippen MR) is 328 cm³/mol. The quantitative estimate of drug-likeness (QED) is 0.117. The Morgan fingerprint density at radius 3 is 0.805 bits per heavy atom. The summed E-state index contributed by atoms with van der Waals surface area (Å²) in [6.07, 6.45) is 0. The first-order valence-corrected chi connectivity index (χ1v) is 30.3. The van der Waals surface area contributed by atoms with Gasteiger partial charge in [0.2, 0.25) is 0 Å². The summed E-state index contributed by atoms with van der Waals surface area (Å²) in [6, 6.07) is 43.8. The summed E-state index contributed by atoms with van der Waals surface area (Å²) in [4.78, 5) is 31.0. The summed E-state index contributed by atoms with van der Waals surface area (Å²) < 4.78 is 22.2. The molecule has 0 atom stereocenters. The minimum atomic E-state index is -5.05. The minimum Gasteiger partial charge on any atom is -0.302 e. The molecule has 0 saturated carbocycles. The van der Waals surface area contributed by atoms with Crippen LogP contribution in [0.15, 0.2) is 109 Å². The number of hydrogen-bond donors (Lipinski definition) is 4. The Labute approximate surface area is 465 Å². The molecule has 0 aliphatic carbocycles. The summed E-state index contributed by atoms with van der Waals surface area (Å²) in [7, 11) is -10.1. The van der Waals surface area contributed by atoms with Crippen LogP contribution in [0, 0.1) is 0 Å². The molecule has 6 rings (SSSR count). The van der Waals surface area contributed by atoms with Crippen LogP contribution in [0.4, 0.5) is 0 Å². The second-order valence-corrected chi connectivity index (χ2v) is 32.2. The Hall–Kier alpha value is -4.42. The van der Waals surface area contributed by atoms with E-state index in [9.17, 15) is 9.13 Å². The van der Waals surface area contributed by atoms with Crippen molar-refractivity contribution in [1.82, 2.24) is 0 Å². The molecule has 0 amide bonds. The van der Waals surface area contributed by atoms with E-state index >= 15 is 0 Å². The fourth-order valence-electron chi connectivity index (χ4n) is 10.1. The third kappa shape index (κ3) is 15.5.